The lowest BCUT2D eigenvalue weighted by Gasteiger charge is -2.44. The number of ether oxygens (including phenoxy) is 1. The van der Waals surface area contributed by atoms with Crippen LogP contribution in [0.5, 0.6) is 0 Å². The van der Waals surface area contributed by atoms with Crippen LogP contribution in [-0.4, -0.2) is 30.4 Å². The molecule has 1 aliphatic heterocycles. The third-order valence-corrected chi connectivity index (χ3v) is 5.79. The largest absolute Gasteiger partial charge is 0.465 e. The highest BCUT2D eigenvalue weighted by molar-refractivity contribution is 6.14. The molecule has 2 amide bonds. The van der Waals surface area contributed by atoms with E-state index in [0.29, 0.717) is 29.8 Å². The highest BCUT2D eigenvalue weighted by Crippen LogP contribution is 2.36. The Morgan fingerprint density at radius 1 is 1.00 bits per heavy atom. The van der Waals surface area contributed by atoms with Crippen molar-refractivity contribution in [3.05, 3.63) is 101 Å². The minimum Gasteiger partial charge on any atom is -0.465 e. The summed E-state index contributed by atoms with van der Waals surface area (Å²) < 4.78 is 4.83. The van der Waals surface area contributed by atoms with E-state index in [0.717, 1.165) is 11.1 Å². The molecule has 0 spiro atoms. The predicted octanol–water partition coefficient (Wildman–Crippen LogP) is 3.75. The standard InChI is InChI=1S/C26H24N2O4/c1-26(25(31)27-17-18-9-4-3-5-10-18)16-20-11-6-7-14-22(20)23(29)28(26)21-13-8-12-19(15-21)24(30)32-2/h3-15H,16-17H2,1-2H3,(H,27,31). The summed E-state index contributed by atoms with van der Waals surface area (Å²) in [5.74, 6) is -1.06. The fourth-order valence-corrected chi connectivity index (χ4v) is 4.12. The summed E-state index contributed by atoms with van der Waals surface area (Å²) in [6.07, 6.45) is 0.345. The van der Waals surface area contributed by atoms with E-state index in [9.17, 15) is 14.4 Å². The average Bonchev–Trinajstić information content (AvgIpc) is 2.83. The zero-order valence-corrected chi connectivity index (χ0v) is 18.0. The normalized spacial score (nSPS) is 17.4. The van der Waals surface area contributed by atoms with Crippen molar-refractivity contribution in [1.29, 1.82) is 0 Å². The van der Waals surface area contributed by atoms with Crippen LogP contribution in [0.15, 0.2) is 78.9 Å². The van der Waals surface area contributed by atoms with Gasteiger partial charge in [-0.2, -0.15) is 0 Å². The lowest BCUT2D eigenvalue weighted by Crippen LogP contribution is -2.63. The molecule has 1 heterocycles. The number of hydrogen-bond donors (Lipinski definition) is 1. The molecule has 0 saturated carbocycles. The van der Waals surface area contributed by atoms with Crippen LogP contribution in [0.1, 0.15) is 38.8 Å². The summed E-state index contributed by atoms with van der Waals surface area (Å²) >= 11 is 0. The molecule has 162 valence electrons. The fourth-order valence-electron chi connectivity index (χ4n) is 4.12. The van der Waals surface area contributed by atoms with Crippen molar-refractivity contribution in [2.45, 2.75) is 25.4 Å². The molecule has 1 N–H and O–H groups in total. The van der Waals surface area contributed by atoms with Gasteiger partial charge in [0.15, 0.2) is 0 Å². The number of nitrogens with one attached hydrogen (secondary N) is 1. The smallest absolute Gasteiger partial charge is 0.337 e. The van der Waals surface area contributed by atoms with E-state index in [1.165, 1.54) is 12.0 Å². The van der Waals surface area contributed by atoms with Crippen molar-refractivity contribution in [2.24, 2.45) is 0 Å². The molecule has 1 unspecified atom stereocenters. The van der Waals surface area contributed by atoms with E-state index >= 15 is 0 Å². The Kier molecular flexibility index (Phi) is 5.77. The van der Waals surface area contributed by atoms with Gasteiger partial charge in [-0.1, -0.05) is 54.6 Å². The molecule has 4 rings (SSSR count). The van der Waals surface area contributed by atoms with Gasteiger partial charge in [-0.05, 0) is 42.3 Å². The Hall–Kier alpha value is -3.93. The van der Waals surface area contributed by atoms with E-state index in [2.05, 4.69) is 5.32 Å². The van der Waals surface area contributed by atoms with Crippen LogP contribution < -0.4 is 10.2 Å². The monoisotopic (exact) mass is 428 g/mol. The Balaban J connectivity index is 1.75. The molecule has 32 heavy (non-hydrogen) atoms. The van der Waals surface area contributed by atoms with Gasteiger partial charge < -0.3 is 10.1 Å². The van der Waals surface area contributed by atoms with Gasteiger partial charge in [0.1, 0.15) is 5.54 Å². The summed E-state index contributed by atoms with van der Waals surface area (Å²) in [4.78, 5) is 40.7. The first-order chi connectivity index (χ1) is 15.4. The Labute approximate surface area is 186 Å². The molecule has 0 aromatic heterocycles. The van der Waals surface area contributed by atoms with Crippen molar-refractivity contribution in [2.75, 3.05) is 12.0 Å². The summed E-state index contributed by atoms with van der Waals surface area (Å²) in [7, 11) is 1.30. The lowest BCUT2D eigenvalue weighted by molar-refractivity contribution is -0.126. The van der Waals surface area contributed by atoms with Gasteiger partial charge in [0.2, 0.25) is 5.91 Å². The van der Waals surface area contributed by atoms with E-state index < -0.39 is 11.5 Å². The zero-order valence-electron chi connectivity index (χ0n) is 18.0. The summed E-state index contributed by atoms with van der Waals surface area (Å²) in [6, 6.07) is 23.5. The zero-order chi connectivity index (χ0) is 22.7. The second kappa shape index (κ2) is 8.67. The second-order valence-corrected chi connectivity index (χ2v) is 7.96. The number of methoxy groups -OCH3 is 1. The van der Waals surface area contributed by atoms with Gasteiger partial charge >= 0.3 is 5.97 Å². The van der Waals surface area contributed by atoms with Crippen molar-refractivity contribution in [3.8, 4) is 0 Å². The summed E-state index contributed by atoms with van der Waals surface area (Å²) in [5.41, 5.74) is 1.91. The van der Waals surface area contributed by atoms with Crippen LogP contribution in [0.3, 0.4) is 0 Å². The minimum atomic E-state index is -1.19. The molecule has 0 fully saturated rings. The number of hydrogen-bond acceptors (Lipinski definition) is 4. The van der Waals surface area contributed by atoms with E-state index in [1.54, 1.807) is 43.3 Å². The van der Waals surface area contributed by atoms with Gasteiger partial charge in [-0.25, -0.2) is 4.79 Å². The molecular formula is C26H24N2O4. The van der Waals surface area contributed by atoms with Crippen molar-refractivity contribution in [3.63, 3.8) is 0 Å². The molecule has 6 nitrogen and oxygen atoms in total. The van der Waals surface area contributed by atoms with Gasteiger partial charge in [0, 0.05) is 24.2 Å². The summed E-state index contributed by atoms with van der Waals surface area (Å²) in [6.45, 7) is 2.10. The van der Waals surface area contributed by atoms with Gasteiger partial charge in [-0.3, -0.25) is 14.5 Å². The van der Waals surface area contributed by atoms with E-state index in [4.69, 9.17) is 4.74 Å². The SMILES string of the molecule is COC(=O)c1cccc(N2C(=O)c3ccccc3CC2(C)C(=O)NCc2ccccc2)c1. The van der Waals surface area contributed by atoms with Crippen LogP contribution >= 0.6 is 0 Å². The molecule has 6 heteroatoms. The highest BCUT2D eigenvalue weighted by atomic mass is 16.5. The number of fused-ring (bicyclic) bond motifs is 1. The molecule has 3 aromatic carbocycles. The summed E-state index contributed by atoms with van der Waals surface area (Å²) in [5, 5.41) is 2.98. The molecule has 1 atom stereocenters. The minimum absolute atomic E-state index is 0.271. The maximum atomic E-state index is 13.6. The highest BCUT2D eigenvalue weighted by Gasteiger charge is 2.47. The molecule has 3 aromatic rings. The van der Waals surface area contributed by atoms with Crippen LogP contribution in [-0.2, 0) is 22.5 Å². The van der Waals surface area contributed by atoms with E-state index in [-0.39, 0.29) is 11.8 Å². The number of anilines is 1. The van der Waals surface area contributed by atoms with Gasteiger partial charge in [0.25, 0.3) is 5.91 Å². The number of esters is 1. The number of benzene rings is 3. The lowest BCUT2D eigenvalue weighted by atomic mass is 9.82. The average molecular weight is 428 g/mol. The topological polar surface area (TPSA) is 75.7 Å². The quantitative estimate of drug-likeness (QED) is 0.628. The molecule has 0 bridgehead atoms. The molecule has 1 aliphatic rings. The fraction of sp³-hybridized carbons (Fsp3) is 0.192. The number of carbonyl (C=O) groups is 3. The predicted molar refractivity (Wildman–Crippen MR) is 121 cm³/mol. The first-order valence-corrected chi connectivity index (χ1v) is 10.4. The first-order valence-electron chi connectivity index (χ1n) is 10.4. The van der Waals surface area contributed by atoms with Crippen molar-refractivity contribution in [1.82, 2.24) is 5.32 Å². The molecular weight excluding hydrogens is 404 g/mol. The van der Waals surface area contributed by atoms with Crippen LogP contribution in [0.25, 0.3) is 0 Å². The van der Waals surface area contributed by atoms with Crippen molar-refractivity contribution >= 4 is 23.5 Å². The maximum absolute atomic E-state index is 13.6. The Morgan fingerprint density at radius 3 is 2.47 bits per heavy atom. The van der Waals surface area contributed by atoms with Crippen LogP contribution in [0.4, 0.5) is 5.69 Å². The Bertz CT molecular complexity index is 1180. The van der Waals surface area contributed by atoms with E-state index in [1.807, 2.05) is 42.5 Å². The molecule has 0 radical (unpaired) electrons. The number of nitrogens with zero attached hydrogens (tertiary/aromatic N) is 1. The molecule has 0 saturated heterocycles. The van der Waals surface area contributed by atoms with Gasteiger partial charge in [0.05, 0.1) is 12.7 Å². The van der Waals surface area contributed by atoms with Crippen molar-refractivity contribution < 1.29 is 19.1 Å². The number of rotatable bonds is 5. The third kappa shape index (κ3) is 3.87. The Morgan fingerprint density at radius 2 is 1.72 bits per heavy atom. The molecule has 0 aliphatic carbocycles. The first kappa shape index (κ1) is 21.3. The third-order valence-electron chi connectivity index (χ3n) is 5.79. The van der Waals surface area contributed by atoms with Crippen LogP contribution in [0, 0.1) is 0 Å². The number of carbonyl (C=O) groups excluding carboxylic acids is 3. The second-order valence-electron chi connectivity index (χ2n) is 7.96. The van der Waals surface area contributed by atoms with Crippen LogP contribution in [0.2, 0.25) is 0 Å². The number of amides is 2. The van der Waals surface area contributed by atoms with Gasteiger partial charge in [-0.15, -0.1) is 0 Å². The maximum Gasteiger partial charge on any atom is 0.337 e.